The van der Waals surface area contributed by atoms with Crippen molar-refractivity contribution in [2.75, 3.05) is 5.32 Å². The molecule has 0 spiro atoms. The van der Waals surface area contributed by atoms with Crippen molar-refractivity contribution in [3.63, 3.8) is 0 Å². The summed E-state index contributed by atoms with van der Waals surface area (Å²) in [6.07, 6.45) is 0. The average molecular weight is 416 g/mol. The minimum atomic E-state index is -0.417. The van der Waals surface area contributed by atoms with Crippen LogP contribution in [0.25, 0.3) is 20.3 Å². The van der Waals surface area contributed by atoms with E-state index >= 15 is 0 Å². The van der Waals surface area contributed by atoms with Crippen LogP contribution in [0.15, 0.2) is 41.2 Å². The van der Waals surface area contributed by atoms with Crippen LogP contribution in [-0.4, -0.2) is 15.5 Å². The molecular formula is C20H15ClFN3O2S. The molecule has 0 saturated carbocycles. The summed E-state index contributed by atoms with van der Waals surface area (Å²) in [4.78, 5) is 29.8. The second kappa shape index (κ2) is 7.00. The summed E-state index contributed by atoms with van der Waals surface area (Å²) in [7, 11) is 0. The van der Waals surface area contributed by atoms with E-state index in [1.54, 1.807) is 31.2 Å². The Morgan fingerprint density at radius 2 is 2.07 bits per heavy atom. The van der Waals surface area contributed by atoms with Crippen LogP contribution >= 0.6 is 22.9 Å². The Labute approximate surface area is 168 Å². The molecule has 0 atom stereocenters. The van der Waals surface area contributed by atoms with Gasteiger partial charge in [-0.1, -0.05) is 23.7 Å². The van der Waals surface area contributed by atoms with Gasteiger partial charge in [0.1, 0.15) is 22.9 Å². The Kier molecular flexibility index (Phi) is 4.64. The molecule has 0 saturated heterocycles. The molecule has 0 aliphatic carbocycles. The minimum Gasteiger partial charge on any atom is -0.323 e. The molecule has 4 aromatic rings. The summed E-state index contributed by atoms with van der Waals surface area (Å²) in [6.45, 7) is 3.31. The maximum absolute atomic E-state index is 14.2. The Bertz CT molecular complexity index is 1310. The molecule has 5 nitrogen and oxygen atoms in total. The lowest BCUT2D eigenvalue weighted by atomic mass is 10.2. The van der Waals surface area contributed by atoms with Crippen LogP contribution in [0.1, 0.15) is 11.4 Å². The van der Waals surface area contributed by atoms with Crippen molar-refractivity contribution in [2.24, 2.45) is 0 Å². The summed E-state index contributed by atoms with van der Waals surface area (Å²) in [6, 6.07) is 9.97. The zero-order valence-corrected chi connectivity index (χ0v) is 16.6. The molecule has 2 heterocycles. The first kappa shape index (κ1) is 18.6. The maximum Gasteiger partial charge on any atom is 0.272 e. The Morgan fingerprint density at radius 1 is 1.29 bits per heavy atom. The fourth-order valence-corrected chi connectivity index (χ4v) is 4.46. The van der Waals surface area contributed by atoms with E-state index in [1.165, 1.54) is 22.0 Å². The lowest BCUT2D eigenvalue weighted by molar-refractivity contribution is -0.116. The van der Waals surface area contributed by atoms with E-state index in [2.05, 4.69) is 10.3 Å². The summed E-state index contributed by atoms with van der Waals surface area (Å²) in [5.41, 5.74) is 1.41. The van der Waals surface area contributed by atoms with Crippen LogP contribution in [0.3, 0.4) is 0 Å². The Hall–Kier alpha value is -2.77. The first-order valence-corrected chi connectivity index (χ1v) is 9.69. The molecule has 2 aromatic carbocycles. The number of rotatable bonds is 3. The first-order valence-electron chi connectivity index (χ1n) is 8.49. The predicted octanol–water partition coefficient (Wildman–Crippen LogP) is 4.66. The van der Waals surface area contributed by atoms with Crippen molar-refractivity contribution >= 4 is 54.8 Å². The van der Waals surface area contributed by atoms with Crippen LogP contribution in [0.4, 0.5) is 10.1 Å². The fraction of sp³-hybridized carbons (Fsp3) is 0.150. The van der Waals surface area contributed by atoms with E-state index in [9.17, 15) is 14.0 Å². The van der Waals surface area contributed by atoms with Crippen LogP contribution in [0, 0.1) is 19.7 Å². The van der Waals surface area contributed by atoms with E-state index < -0.39 is 11.7 Å². The van der Waals surface area contributed by atoms with Gasteiger partial charge in [-0.05, 0) is 43.7 Å². The number of hydrogen-bond acceptors (Lipinski definition) is 4. The zero-order chi connectivity index (χ0) is 20.0. The number of aromatic nitrogens is 2. The number of thiophene rings is 1. The van der Waals surface area contributed by atoms with Gasteiger partial charge in [0, 0.05) is 4.70 Å². The first-order chi connectivity index (χ1) is 13.3. The Morgan fingerprint density at radius 3 is 2.82 bits per heavy atom. The van der Waals surface area contributed by atoms with E-state index in [0.29, 0.717) is 36.8 Å². The zero-order valence-electron chi connectivity index (χ0n) is 15.0. The SMILES string of the molecule is Cc1ccc(NC(=O)Cn2c(C)nc3c(sc4cccc(F)c43)c2=O)c(Cl)c1. The molecular weight excluding hydrogens is 401 g/mol. The summed E-state index contributed by atoms with van der Waals surface area (Å²) in [5, 5.41) is 3.47. The third-order valence-corrected chi connectivity index (χ3v) is 5.89. The number of halogens is 2. The van der Waals surface area contributed by atoms with E-state index in [0.717, 1.165) is 5.56 Å². The number of benzene rings is 2. The maximum atomic E-state index is 14.2. The van der Waals surface area contributed by atoms with Gasteiger partial charge in [-0.3, -0.25) is 14.2 Å². The number of amides is 1. The van der Waals surface area contributed by atoms with Crippen LogP contribution in [-0.2, 0) is 11.3 Å². The summed E-state index contributed by atoms with van der Waals surface area (Å²) < 4.78 is 16.5. The average Bonchev–Trinajstić information content (AvgIpc) is 3.01. The summed E-state index contributed by atoms with van der Waals surface area (Å²) >= 11 is 7.32. The van der Waals surface area contributed by atoms with Gasteiger partial charge in [-0.15, -0.1) is 11.3 Å². The number of carbonyl (C=O) groups excluding carboxylic acids is 1. The van der Waals surface area contributed by atoms with E-state index in [4.69, 9.17) is 11.6 Å². The van der Waals surface area contributed by atoms with Gasteiger partial charge >= 0.3 is 0 Å². The van der Waals surface area contributed by atoms with Gasteiger partial charge in [0.05, 0.1) is 21.6 Å². The number of anilines is 1. The van der Waals surface area contributed by atoms with Crippen molar-refractivity contribution in [1.29, 1.82) is 0 Å². The highest BCUT2D eigenvalue weighted by Gasteiger charge is 2.18. The molecule has 0 fully saturated rings. The predicted molar refractivity (Wildman–Crippen MR) is 111 cm³/mol. The lowest BCUT2D eigenvalue weighted by Crippen LogP contribution is -2.29. The highest BCUT2D eigenvalue weighted by molar-refractivity contribution is 7.25. The van der Waals surface area contributed by atoms with Crippen molar-refractivity contribution in [3.8, 4) is 0 Å². The number of hydrogen-bond donors (Lipinski definition) is 1. The highest BCUT2D eigenvalue weighted by Crippen LogP contribution is 2.32. The molecule has 142 valence electrons. The fourth-order valence-electron chi connectivity index (χ4n) is 3.08. The number of nitrogens with one attached hydrogen (secondary N) is 1. The van der Waals surface area contributed by atoms with Crippen LogP contribution < -0.4 is 10.9 Å². The van der Waals surface area contributed by atoms with Gasteiger partial charge in [0.25, 0.3) is 5.56 Å². The van der Waals surface area contributed by atoms with Gasteiger partial charge in [-0.2, -0.15) is 0 Å². The van der Waals surface area contributed by atoms with Gasteiger partial charge in [-0.25, -0.2) is 9.37 Å². The van der Waals surface area contributed by atoms with Gasteiger partial charge in [0.15, 0.2) is 0 Å². The largest absolute Gasteiger partial charge is 0.323 e. The second-order valence-corrected chi connectivity index (χ2v) is 7.93. The van der Waals surface area contributed by atoms with Crippen molar-refractivity contribution in [3.05, 3.63) is 69.0 Å². The smallest absolute Gasteiger partial charge is 0.272 e. The topological polar surface area (TPSA) is 64.0 Å². The minimum absolute atomic E-state index is 0.214. The van der Waals surface area contributed by atoms with Crippen molar-refractivity contribution in [1.82, 2.24) is 9.55 Å². The van der Waals surface area contributed by atoms with Crippen LogP contribution in [0.5, 0.6) is 0 Å². The number of carbonyl (C=O) groups is 1. The van der Waals surface area contributed by atoms with Gasteiger partial charge < -0.3 is 5.32 Å². The third-order valence-electron chi connectivity index (χ3n) is 4.44. The standard InChI is InChI=1S/C20H15ClFN3O2S/c1-10-6-7-14(12(21)8-10)24-16(26)9-25-11(2)23-18-17-13(22)4-3-5-15(17)28-19(18)20(25)27/h3-8H,9H2,1-2H3,(H,24,26). The molecule has 0 radical (unpaired) electrons. The molecule has 0 aliphatic heterocycles. The van der Waals surface area contributed by atoms with Crippen molar-refractivity contribution < 1.29 is 9.18 Å². The normalized spacial score (nSPS) is 11.3. The monoisotopic (exact) mass is 415 g/mol. The number of fused-ring (bicyclic) bond motifs is 3. The molecule has 2 aromatic heterocycles. The second-order valence-electron chi connectivity index (χ2n) is 6.47. The number of aryl methyl sites for hydroxylation is 2. The molecule has 28 heavy (non-hydrogen) atoms. The highest BCUT2D eigenvalue weighted by atomic mass is 35.5. The molecule has 4 rings (SSSR count). The third kappa shape index (κ3) is 3.16. The van der Waals surface area contributed by atoms with Crippen LogP contribution in [0.2, 0.25) is 5.02 Å². The Balaban J connectivity index is 1.72. The lowest BCUT2D eigenvalue weighted by Gasteiger charge is -2.11. The summed E-state index contributed by atoms with van der Waals surface area (Å²) in [5.74, 6) is -0.477. The molecule has 1 N–H and O–H groups in total. The van der Waals surface area contributed by atoms with Crippen molar-refractivity contribution in [2.45, 2.75) is 20.4 Å². The number of nitrogens with zero attached hydrogens (tertiary/aromatic N) is 2. The van der Waals surface area contributed by atoms with E-state index in [-0.39, 0.29) is 12.1 Å². The molecule has 0 unspecified atom stereocenters. The van der Waals surface area contributed by atoms with Gasteiger partial charge in [0.2, 0.25) is 5.91 Å². The molecule has 0 bridgehead atoms. The quantitative estimate of drug-likeness (QED) is 0.529. The molecule has 8 heteroatoms. The molecule has 0 aliphatic rings. The van der Waals surface area contributed by atoms with E-state index in [1.807, 2.05) is 13.0 Å². The molecule has 1 amide bonds.